The average molecular weight is 275 g/mol. The van der Waals surface area contributed by atoms with Crippen molar-refractivity contribution in [3.63, 3.8) is 0 Å². The topological polar surface area (TPSA) is 21.3 Å². The molecule has 1 saturated heterocycles. The van der Waals surface area contributed by atoms with Gasteiger partial charge < -0.3 is 10.1 Å². The Kier molecular flexibility index (Phi) is 6.06. The number of hydrogen-bond donors (Lipinski definition) is 1. The molecule has 0 aliphatic carbocycles. The van der Waals surface area contributed by atoms with Gasteiger partial charge in [0.05, 0.1) is 0 Å². The molecule has 0 radical (unpaired) electrons. The molecule has 0 spiro atoms. The molecule has 112 valence electrons. The summed E-state index contributed by atoms with van der Waals surface area (Å²) >= 11 is 0. The minimum Gasteiger partial charge on any atom is -0.381 e. The zero-order chi connectivity index (χ0) is 14.4. The summed E-state index contributed by atoms with van der Waals surface area (Å²) in [6, 6.07) is 7.33. The van der Waals surface area contributed by atoms with Gasteiger partial charge in [0.2, 0.25) is 0 Å². The molecule has 1 aromatic carbocycles. The Morgan fingerprint density at radius 2 is 2.00 bits per heavy atom. The summed E-state index contributed by atoms with van der Waals surface area (Å²) in [5.74, 6) is 0.804. The molecular weight excluding hydrogens is 246 g/mol. The van der Waals surface area contributed by atoms with E-state index in [2.05, 4.69) is 44.3 Å². The van der Waals surface area contributed by atoms with E-state index in [1.807, 2.05) is 0 Å². The first-order valence-electron chi connectivity index (χ1n) is 8.09. The summed E-state index contributed by atoms with van der Waals surface area (Å²) in [4.78, 5) is 0. The maximum absolute atomic E-state index is 5.49. The zero-order valence-electron chi connectivity index (χ0n) is 13.2. The van der Waals surface area contributed by atoms with Crippen LogP contribution in [0.2, 0.25) is 0 Å². The van der Waals surface area contributed by atoms with Crippen LogP contribution in [-0.4, -0.2) is 19.8 Å². The highest BCUT2D eigenvalue weighted by Gasteiger charge is 2.21. The van der Waals surface area contributed by atoms with Crippen LogP contribution in [0.25, 0.3) is 0 Å². The first-order chi connectivity index (χ1) is 9.70. The third-order valence-corrected chi connectivity index (χ3v) is 4.36. The number of ether oxygens (including phenoxy) is 1. The predicted molar refractivity (Wildman–Crippen MR) is 85.1 cm³/mol. The molecule has 1 aliphatic rings. The molecule has 2 rings (SSSR count). The van der Waals surface area contributed by atoms with Gasteiger partial charge in [0.25, 0.3) is 0 Å². The molecule has 2 heteroatoms. The molecule has 0 bridgehead atoms. The van der Waals surface area contributed by atoms with Crippen LogP contribution >= 0.6 is 0 Å². The predicted octanol–water partition coefficient (Wildman–Crippen LogP) is 4.16. The maximum atomic E-state index is 5.49. The van der Waals surface area contributed by atoms with E-state index in [1.54, 1.807) is 0 Å². The van der Waals surface area contributed by atoms with Crippen molar-refractivity contribution in [2.24, 2.45) is 5.92 Å². The van der Waals surface area contributed by atoms with Crippen LogP contribution in [0.4, 0.5) is 0 Å². The van der Waals surface area contributed by atoms with E-state index in [1.165, 1.54) is 42.4 Å². The Morgan fingerprint density at radius 3 is 2.70 bits per heavy atom. The Bertz CT molecular complexity index is 410. The highest BCUT2D eigenvalue weighted by atomic mass is 16.5. The maximum Gasteiger partial charge on any atom is 0.0468 e. The molecule has 1 aromatic rings. The van der Waals surface area contributed by atoms with Gasteiger partial charge in [-0.05, 0) is 63.1 Å². The second-order valence-electron chi connectivity index (χ2n) is 6.16. The summed E-state index contributed by atoms with van der Waals surface area (Å²) in [6.45, 7) is 9.65. The lowest BCUT2D eigenvalue weighted by atomic mass is 9.87. The van der Waals surface area contributed by atoms with Crippen LogP contribution in [-0.2, 0) is 4.74 Å². The molecular formula is C18H29NO. The summed E-state index contributed by atoms with van der Waals surface area (Å²) in [7, 11) is 0. The van der Waals surface area contributed by atoms with Crippen molar-refractivity contribution in [1.82, 2.24) is 5.32 Å². The molecule has 0 amide bonds. The van der Waals surface area contributed by atoms with Crippen molar-refractivity contribution in [1.29, 1.82) is 0 Å². The summed E-state index contributed by atoms with van der Waals surface area (Å²) in [5.41, 5.74) is 4.27. The first kappa shape index (κ1) is 15.5. The van der Waals surface area contributed by atoms with Gasteiger partial charge in [0.1, 0.15) is 0 Å². The molecule has 1 unspecified atom stereocenters. The zero-order valence-corrected chi connectivity index (χ0v) is 13.2. The van der Waals surface area contributed by atoms with Gasteiger partial charge in [0.15, 0.2) is 0 Å². The lowest BCUT2D eigenvalue weighted by molar-refractivity contribution is 0.0605. The van der Waals surface area contributed by atoms with Crippen molar-refractivity contribution >= 4 is 0 Å². The van der Waals surface area contributed by atoms with Crippen LogP contribution in [0.15, 0.2) is 18.2 Å². The van der Waals surface area contributed by atoms with Crippen molar-refractivity contribution < 1.29 is 4.74 Å². The van der Waals surface area contributed by atoms with Crippen LogP contribution < -0.4 is 5.32 Å². The van der Waals surface area contributed by atoms with Crippen molar-refractivity contribution in [2.45, 2.75) is 52.5 Å². The lowest BCUT2D eigenvalue weighted by Crippen LogP contribution is -2.27. The Labute approximate surface area is 123 Å². The molecule has 1 aliphatic heterocycles. The van der Waals surface area contributed by atoms with Crippen molar-refractivity contribution in [3.8, 4) is 0 Å². The van der Waals surface area contributed by atoms with E-state index in [9.17, 15) is 0 Å². The largest absolute Gasteiger partial charge is 0.381 e. The summed E-state index contributed by atoms with van der Waals surface area (Å²) in [5, 5.41) is 3.76. The fourth-order valence-electron chi connectivity index (χ4n) is 3.09. The van der Waals surface area contributed by atoms with E-state index in [-0.39, 0.29) is 0 Å². The fourth-order valence-corrected chi connectivity index (χ4v) is 3.09. The summed E-state index contributed by atoms with van der Waals surface area (Å²) in [6.07, 6.45) is 4.87. The fraction of sp³-hybridized carbons (Fsp3) is 0.667. The van der Waals surface area contributed by atoms with Crippen LogP contribution in [0.5, 0.6) is 0 Å². The highest BCUT2D eigenvalue weighted by Crippen LogP contribution is 2.29. The second-order valence-corrected chi connectivity index (χ2v) is 6.16. The van der Waals surface area contributed by atoms with Gasteiger partial charge >= 0.3 is 0 Å². The third kappa shape index (κ3) is 4.32. The molecule has 20 heavy (non-hydrogen) atoms. The van der Waals surface area contributed by atoms with E-state index >= 15 is 0 Å². The normalized spacial score (nSPS) is 18.1. The smallest absolute Gasteiger partial charge is 0.0468 e. The van der Waals surface area contributed by atoms with Gasteiger partial charge in [-0.15, -0.1) is 0 Å². The summed E-state index contributed by atoms with van der Waals surface area (Å²) < 4.78 is 5.49. The highest BCUT2D eigenvalue weighted by molar-refractivity contribution is 5.33. The Balaban J connectivity index is 2.10. The van der Waals surface area contributed by atoms with Gasteiger partial charge in [0, 0.05) is 19.3 Å². The van der Waals surface area contributed by atoms with Crippen molar-refractivity contribution in [2.75, 3.05) is 19.8 Å². The first-order valence-corrected chi connectivity index (χ1v) is 8.09. The minimum atomic E-state index is 0.498. The van der Waals surface area contributed by atoms with E-state index in [4.69, 9.17) is 4.74 Å². The van der Waals surface area contributed by atoms with E-state index in [0.717, 1.165) is 25.7 Å². The van der Waals surface area contributed by atoms with E-state index in [0.29, 0.717) is 6.04 Å². The Morgan fingerprint density at radius 1 is 1.25 bits per heavy atom. The molecule has 0 aromatic heterocycles. The molecule has 1 N–H and O–H groups in total. The van der Waals surface area contributed by atoms with Gasteiger partial charge in [-0.1, -0.05) is 30.7 Å². The quantitative estimate of drug-likeness (QED) is 0.841. The minimum absolute atomic E-state index is 0.498. The third-order valence-electron chi connectivity index (χ3n) is 4.36. The second kappa shape index (κ2) is 7.80. The van der Waals surface area contributed by atoms with Gasteiger partial charge in [-0.2, -0.15) is 0 Å². The lowest BCUT2D eigenvalue weighted by Gasteiger charge is -2.28. The molecule has 1 atom stereocenters. The Hall–Kier alpha value is -0.860. The molecule has 1 heterocycles. The molecule has 1 fully saturated rings. The number of nitrogens with one attached hydrogen (secondary N) is 1. The van der Waals surface area contributed by atoms with Crippen LogP contribution in [0, 0.1) is 19.8 Å². The molecule has 0 saturated carbocycles. The number of benzene rings is 1. The van der Waals surface area contributed by atoms with Gasteiger partial charge in [-0.25, -0.2) is 0 Å². The standard InChI is InChI=1S/C18H29NO/c1-4-9-19-18(13-16-7-10-20-11-8-16)17-12-14(2)5-6-15(17)3/h5-6,12,16,18-19H,4,7-11,13H2,1-3H3. The van der Waals surface area contributed by atoms with Crippen molar-refractivity contribution in [3.05, 3.63) is 34.9 Å². The average Bonchev–Trinajstić information content (AvgIpc) is 2.47. The van der Waals surface area contributed by atoms with E-state index < -0.39 is 0 Å². The van der Waals surface area contributed by atoms with Crippen LogP contribution in [0.3, 0.4) is 0 Å². The van der Waals surface area contributed by atoms with Crippen LogP contribution in [0.1, 0.15) is 55.3 Å². The molecule has 2 nitrogen and oxygen atoms in total. The van der Waals surface area contributed by atoms with Gasteiger partial charge in [-0.3, -0.25) is 0 Å². The number of aryl methyl sites for hydroxylation is 2. The number of rotatable bonds is 6. The SMILES string of the molecule is CCCNC(CC1CCOCC1)c1cc(C)ccc1C. The monoisotopic (exact) mass is 275 g/mol. The number of hydrogen-bond acceptors (Lipinski definition) is 2.